The third-order valence-electron chi connectivity index (χ3n) is 2.83. The number of hydrazine groups is 1. The molecule has 0 saturated carbocycles. The number of nitrogens with zero attached hydrogens (tertiary/aromatic N) is 4. The lowest BCUT2D eigenvalue weighted by molar-refractivity contribution is 0.0948. The monoisotopic (exact) mass is 304 g/mol. The number of carbonyl (C=O) groups excluding carboxylic acids is 1. The van der Waals surface area contributed by atoms with Crippen LogP contribution in [0.1, 0.15) is 29.8 Å². The average molecular weight is 304 g/mol. The molecule has 0 unspecified atom stereocenters. The summed E-state index contributed by atoms with van der Waals surface area (Å²) in [6.07, 6.45) is 2.82. The Morgan fingerprint density at radius 2 is 2.27 bits per heavy atom. The molecule has 118 valence electrons. The van der Waals surface area contributed by atoms with Crippen LogP contribution in [0.4, 0.5) is 5.69 Å². The molecule has 0 aliphatic heterocycles. The summed E-state index contributed by atoms with van der Waals surface area (Å²) in [4.78, 5) is 15.7. The summed E-state index contributed by atoms with van der Waals surface area (Å²) < 4.78 is 0. The van der Waals surface area contributed by atoms with Crippen molar-refractivity contribution in [1.82, 2.24) is 15.3 Å². The van der Waals surface area contributed by atoms with E-state index in [1.165, 1.54) is 11.2 Å². The molecule has 0 bridgehead atoms. The zero-order valence-electron chi connectivity index (χ0n) is 12.2. The number of nitrogens with one attached hydrogen (secondary N) is 1. The molecule has 7 N–H and O–H groups in total. The second-order valence-corrected chi connectivity index (χ2v) is 4.48. The van der Waals surface area contributed by atoms with E-state index >= 15 is 0 Å². The molecular weight excluding hydrogens is 284 g/mol. The van der Waals surface area contributed by atoms with Crippen LogP contribution in [0.15, 0.2) is 23.4 Å². The molecule has 1 rings (SSSR count). The van der Waals surface area contributed by atoms with Crippen LogP contribution < -0.4 is 22.7 Å². The van der Waals surface area contributed by atoms with Gasteiger partial charge in [-0.3, -0.25) is 9.80 Å². The molecule has 1 aromatic heterocycles. The van der Waals surface area contributed by atoms with Gasteiger partial charge in [0.1, 0.15) is 11.5 Å². The maximum absolute atomic E-state index is 11.8. The van der Waals surface area contributed by atoms with Gasteiger partial charge in [0.25, 0.3) is 5.91 Å². The standard InChI is InChI=1S/C13H20N8O/c14-6-2-8-21(17)12(20-16)3-1-7-18-13(22)11-5-4-10(15)9-19-11/h4-5,9H,1-3,7-8,15-17H2,(H,18,22)/b20-12-. The van der Waals surface area contributed by atoms with Gasteiger partial charge in [0, 0.05) is 19.5 Å². The Morgan fingerprint density at radius 3 is 2.86 bits per heavy atom. The first kappa shape index (κ1) is 17.2. The van der Waals surface area contributed by atoms with Gasteiger partial charge in [0.2, 0.25) is 0 Å². The zero-order chi connectivity index (χ0) is 16.4. The van der Waals surface area contributed by atoms with Gasteiger partial charge in [-0.25, -0.2) is 10.8 Å². The summed E-state index contributed by atoms with van der Waals surface area (Å²) in [5.74, 6) is 11.2. The predicted octanol–water partition coefficient (Wildman–Crippen LogP) is -0.465. The third-order valence-corrected chi connectivity index (χ3v) is 2.83. The second-order valence-electron chi connectivity index (χ2n) is 4.48. The quantitative estimate of drug-likeness (QED) is 0.174. The van der Waals surface area contributed by atoms with Gasteiger partial charge >= 0.3 is 0 Å². The maximum atomic E-state index is 11.8. The lowest BCUT2D eigenvalue weighted by Crippen LogP contribution is -2.39. The molecule has 0 radical (unpaired) electrons. The van der Waals surface area contributed by atoms with Crippen LogP contribution in [0.25, 0.3) is 0 Å². The molecule has 22 heavy (non-hydrogen) atoms. The number of nitriles is 1. The van der Waals surface area contributed by atoms with Gasteiger partial charge in [-0.05, 0) is 18.6 Å². The first-order valence-corrected chi connectivity index (χ1v) is 6.74. The summed E-state index contributed by atoms with van der Waals surface area (Å²) >= 11 is 0. The Labute approximate surface area is 128 Å². The number of amides is 1. The van der Waals surface area contributed by atoms with Crippen LogP contribution in [0, 0.1) is 11.3 Å². The van der Waals surface area contributed by atoms with Gasteiger partial charge in [0.15, 0.2) is 0 Å². The van der Waals surface area contributed by atoms with Crippen LogP contribution in [0.3, 0.4) is 0 Å². The fourth-order valence-corrected chi connectivity index (χ4v) is 1.66. The predicted molar refractivity (Wildman–Crippen MR) is 83.0 cm³/mol. The minimum atomic E-state index is -0.277. The second kappa shape index (κ2) is 9.15. The normalized spacial score (nSPS) is 10.8. The Balaban J connectivity index is 2.33. The highest BCUT2D eigenvalue weighted by molar-refractivity contribution is 5.92. The number of hydrogen-bond donors (Lipinski definition) is 4. The first-order chi connectivity index (χ1) is 10.6. The van der Waals surface area contributed by atoms with Crippen molar-refractivity contribution in [3.63, 3.8) is 0 Å². The first-order valence-electron chi connectivity index (χ1n) is 6.74. The Bertz CT molecular complexity index is 548. The smallest absolute Gasteiger partial charge is 0.269 e. The minimum absolute atomic E-state index is 0.277. The van der Waals surface area contributed by atoms with Crippen molar-refractivity contribution in [2.75, 3.05) is 18.8 Å². The number of carbonyl (C=O) groups is 1. The average Bonchev–Trinajstić information content (AvgIpc) is 2.53. The van der Waals surface area contributed by atoms with Gasteiger partial charge in [0.05, 0.1) is 24.4 Å². The fraction of sp³-hybridized carbons (Fsp3) is 0.385. The Hall–Kier alpha value is -2.86. The van der Waals surface area contributed by atoms with Crippen molar-refractivity contribution in [2.24, 2.45) is 16.8 Å². The van der Waals surface area contributed by atoms with Crippen LogP contribution in [-0.4, -0.2) is 34.8 Å². The van der Waals surface area contributed by atoms with E-state index in [4.69, 9.17) is 22.7 Å². The number of nitrogen functional groups attached to an aromatic ring is 1. The van der Waals surface area contributed by atoms with Crippen molar-refractivity contribution in [2.45, 2.75) is 19.3 Å². The SMILES string of the molecule is N#CCCN(N)/C(CCCNC(=O)c1ccc(N)cn1)=N\N. The third kappa shape index (κ3) is 5.64. The molecule has 0 atom stereocenters. The Kier molecular flexibility index (Phi) is 7.15. The highest BCUT2D eigenvalue weighted by atomic mass is 16.1. The van der Waals surface area contributed by atoms with E-state index in [0.717, 1.165) is 0 Å². The van der Waals surface area contributed by atoms with Crippen molar-refractivity contribution in [1.29, 1.82) is 5.26 Å². The molecular formula is C13H20N8O. The van der Waals surface area contributed by atoms with Gasteiger partial charge in [-0.15, -0.1) is 0 Å². The van der Waals surface area contributed by atoms with Crippen LogP contribution in [0.2, 0.25) is 0 Å². The highest BCUT2D eigenvalue weighted by Gasteiger charge is 2.09. The molecule has 9 nitrogen and oxygen atoms in total. The zero-order valence-corrected chi connectivity index (χ0v) is 12.2. The molecule has 1 heterocycles. The topological polar surface area (TPSA) is 159 Å². The van der Waals surface area contributed by atoms with Gasteiger partial charge < -0.3 is 16.9 Å². The molecule has 0 aromatic carbocycles. The molecule has 1 amide bonds. The number of hydrazone groups is 1. The van der Waals surface area contributed by atoms with Crippen molar-refractivity contribution < 1.29 is 4.79 Å². The fourth-order valence-electron chi connectivity index (χ4n) is 1.66. The number of nitrogens with two attached hydrogens (primary N) is 3. The number of amidine groups is 1. The number of rotatable bonds is 7. The molecule has 1 aromatic rings. The lowest BCUT2D eigenvalue weighted by Gasteiger charge is -2.18. The minimum Gasteiger partial charge on any atom is -0.397 e. The van der Waals surface area contributed by atoms with E-state index in [0.29, 0.717) is 43.1 Å². The summed E-state index contributed by atoms with van der Waals surface area (Å²) in [5.41, 5.74) is 6.31. The number of anilines is 1. The molecule has 0 spiro atoms. The van der Waals surface area contributed by atoms with E-state index in [9.17, 15) is 4.79 Å². The van der Waals surface area contributed by atoms with Crippen LogP contribution in [0.5, 0.6) is 0 Å². The van der Waals surface area contributed by atoms with Crippen molar-refractivity contribution in [3.8, 4) is 6.07 Å². The van der Waals surface area contributed by atoms with E-state index in [1.54, 1.807) is 12.1 Å². The Morgan fingerprint density at radius 1 is 1.50 bits per heavy atom. The summed E-state index contributed by atoms with van der Waals surface area (Å²) in [7, 11) is 0. The molecule has 0 aliphatic carbocycles. The van der Waals surface area contributed by atoms with Crippen molar-refractivity contribution >= 4 is 17.4 Å². The molecule has 0 fully saturated rings. The largest absolute Gasteiger partial charge is 0.397 e. The summed E-state index contributed by atoms with van der Waals surface area (Å²) in [6.45, 7) is 0.782. The van der Waals surface area contributed by atoms with Crippen LogP contribution >= 0.6 is 0 Å². The molecule has 9 heteroatoms. The van der Waals surface area contributed by atoms with E-state index < -0.39 is 0 Å². The summed E-state index contributed by atoms with van der Waals surface area (Å²) in [5, 5.41) is 16.2. The number of aromatic nitrogens is 1. The van der Waals surface area contributed by atoms with Gasteiger partial charge in [-0.1, -0.05) is 0 Å². The van der Waals surface area contributed by atoms with Crippen LogP contribution in [-0.2, 0) is 0 Å². The molecule has 0 aliphatic rings. The van der Waals surface area contributed by atoms with Crippen molar-refractivity contribution in [3.05, 3.63) is 24.0 Å². The number of hydrogen-bond acceptors (Lipinski definition) is 7. The van der Waals surface area contributed by atoms with Gasteiger partial charge in [-0.2, -0.15) is 10.4 Å². The number of pyridine rings is 1. The molecule has 0 saturated heterocycles. The lowest BCUT2D eigenvalue weighted by atomic mass is 10.2. The van der Waals surface area contributed by atoms with E-state index in [-0.39, 0.29) is 12.3 Å². The summed E-state index contributed by atoms with van der Waals surface area (Å²) in [6, 6.07) is 5.16. The maximum Gasteiger partial charge on any atom is 0.269 e. The highest BCUT2D eigenvalue weighted by Crippen LogP contribution is 2.01. The van der Waals surface area contributed by atoms with E-state index in [2.05, 4.69) is 15.4 Å². The van der Waals surface area contributed by atoms with E-state index in [1.807, 2.05) is 6.07 Å².